The Bertz CT molecular complexity index is 728. The Kier molecular flexibility index (Phi) is 6.54. The summed E-state index contributed by atoms with van der Waals surface area (Å²) in [5.74, 6) is 2.62. The van der Waals surface area contributed by atoms with E-state index in [4.69, 9.17) is 0 Å². The van der Waals surface area contributed by atoms with Crippen LogP contribution in [0.1, 0.15) is 50.9 Å². The van der Waals surface area contributed by atoms with Crippen LogP contribution in [0.25, 0.3) is 0 Å². The minimum atomic E-state index is 0.456. The van der Waals surface area contributed by atoms with Crippen molar-refractivity contribution in [1.82, 2.24) is 20.2 Å². The van der Waals surface area contributed by atoms with Crippen molar-refractivity contribution in [2.75, 3.05) is 13.6 Å². The molecule has 146 valence electrons. The van der Waals surface area contributed by atoms with E-state index in [9.17, 15) is 0 Å². The molecule has 1 fully saturated rings. The van der Waals surface area contributed by atoms with Gasteiger partial charge in [-0.15, -0.1) is 0 Å². The molecule has 1 saturated carbocycles. The van der Waals surface area contributed by atoms with Gasteiger partial charge in [0.15, 0.2) is 5.96 Å². The van der Waals surface area contributed by atoms with Crippen molar-refractivity contribution >= 4 is 5.96 Å². The Morgan fingerprint density at radius 3 is 2.63 bits per heavy atom. The molecular weight excluding hydrogens is 334 g/mol. The van der Waals surface area contributed by atoms with Crippen LogP contribution in [-0.4, -0.2) is 29.1 Å². The molecule has 2 aromatic rings. The quantitative estimate of drug-likeness (QED) is 0.551. The first-order valence-electron chi connectivity index (χ1n) is 10.1. The van der Waals surface area contributed by atoms with Gasteiger partial charge < -0.3 is 15.2 Å². The molecule has 0 amide bonds. The van der Waals surface area contributed by atoms with Crippen LogP contribution in [0.5, 0.6) is 0 Å². The van der Waals surface area contributed by atoms with E-state index >= 15 is 0 Å². The van der Waals surface area contributed by atoms with Gasteiger partial charge in [-0.25, -0.2) is 4.98 Å². The van der Waals surface area contributed by atoms with Gasteiger partial charge in [0.05, 0.1) is 6.54 Å². The highest BCUT2D eigenvalue weighted by molar-refractivity contribution is 5.79. The molecule has 0 unspecified atom stereocenters. The third kappa shape index (κ3) is 5.34. The van der Waals surface area contributed by atoms with Crippen LogP contribution in [0.15, 0.2) is 47.7 Å². The fourth-order valence-electron chi connectivity index (χ4n) is 4.08. The molecule has 1 aromatic carbocycles. The number of imidazole rings is 1. The number of hydrogen-bond acceptors (Lipinski definition) is 2. The van der Waals surface area contributed by atoms with Crippen molar-refractivity contribution in [1.29, 1.82) is 0 Å². The first-order valence-corrected chi connectivity index (χ1v) is 10.1. The van der Waals surface area contributed by atoms with Crippen molar-refractivity contribution in [3.63, 3.8) is 0 Å². The summed E-state index contributed by atoms with van der Waals surface area (Å²) in [5.41, 5.74) is 1.73. The fraction of sp³-hybridized carbons (Fsp3) is 0.545. The van der Waals surface area contributed by atoms with Crippen LogP contribution in [0.3, 0.4) is 0 Å². The van der Waals surface area contributed by atoms with Crippen LogP contribution in [0.4, 0.5) is 0 Å². The maximum Gasteiger partial charge on any atom is 0.191 e. The molecular formula is C22H33N5. The topological polar surface area (TPSA) is 54.2 Å². The molecule has 0 radical (unpaired) electrons. The van der Waals surface area contributed by atoms with Gasteiger partial charge in [-0.3, -0.25) is 4.99 Å². The molecule has 5 nitrogen and oxygen atoms in total. The summed E-state index contributed by atoms with van der Waals surface area (Å²) < 4.78 is 2.18. The van der Waals surface area contributed by atoms with Crippen molar-refractivity contribution in [2.24, 2.45) is 16.3 Å². The average molecular weight is 368 g/mol. The van der Waals surface area contributed by atoms with E-state index in [1.54, 1.807) is 0 Å². The highest BCUT2D eigenvalue weighted by atomic mass is 15.2. The molecule has 1 heterocycles. The zero-order chi connectivity index (χ0) is 19.1. The van der Waals surface area contributed by atoms with E-state index in [0.29, 0.717) is 12.0 Å². The minimum Gasteiger partial charge on any atom is -0.356 e. The van der Waals surface area contributed by atoms with E-state index in [0.717, 1.165) is 30.8 Å². The zero-order valence-electron chi connectivity index (χ0n) is 16.9. The van der Waals surface area contributed by atoms with Gasteiger partial charge in [0.1, 0.15) is 5.82 Å². The van der Waals surface area contributed by atoms with Crippen molar-refractivity contribution in [2.45, 2.75) is 52.6 Å². The standard InChI is InChI=1S/C22H33N5/c1-18(2)14-22(10-7-11-22)17-26-21(23-3)25-15-20-24-12-13-27(20)16-19-8-5-4-6-9-19/h4-6,8-9,12-13,18H,7,10-11,14-17H2,1-3H3,(H2,23,25,26). The lowest BCUT2D eigenvalue weighted by Crippen LogP contribution is -2.47. The lowest BCUT2D eigenvalue weighted by Gasteiger charge is -2.43. The first kappa shape index (κ1) is 19.5. The van der Waals surface area contributed by atoms with Crippen molar-refractivity contribution in [3.8, 4) is 0 Å². The van der Waals surface area contributed by atoms with Gasteiger partial charge >= 0.3 is 0 Å². The fourth-order valence-corrected chi connectivity index (χ4v) is 4.08. The molecule has 1 aliphatic rings. The number of aromatic nitrogens is 2. The van der Waals surface area contributed by atoms with Crippen LogP contribution in [-0.2, 0) is 13.1 Å². The van der Waals surface area contributed by atoms with Gasteiger partial charge in [-0.2, -0.15) is 0 Å². The largest absolute Gasteiger partial charge is 0.356 e. The third-order valence-corrected chi connectivity index (χ3v) is 5.52. The zero-order valence-corrected chi connectivity index (χ0v) is 16.9. The second kappa shape index (κ2) is 9.07. The van der Waals surface area contributed by atoms with Gasteiger partial charge in [-0.05, 0) is 36.2 Å². The van der Waals surface area contributed by atoms with Crippen LogP contribution < -0.4 is 10.6 Å². The molecule has 0 spiro atoms. The van der Waals surface area contributed by atoms with Gasteiger partial charge in [0, 0.05) is 32.5 Å². The minimum absolute atomic E-state index is 0.456. The SMILES string of the molecule is CN=C(NCc1nccn1Cc1ccccc1)NCC1(CC(C)C)CCC1. The second-order valence-electron chi connectivity index (χ2n) is 8.19. The molecule has 3 rings (SSSR count). The molecule has 1 aromatic heterocycles. The summed E-state index contributed by atoms with van der Waals surface area (Å²) in [6.45, 7) is 7.14. The highest BCUT2D eigenvalue weighted by Crippen LogP contribution is 2.45. The molecule has 1 aliphatic carbocycles. The smallest absolute Gasteiger partial charge is 0.191 e. The Hall–Kier alpha value is -2.30. The molecule has 0 atom stereocenters. The number of nitrogens with one attached hydrogen (secondary N) is 2. The Morgan fingerprint density at radius 1 is 1.22 bits per heavy atom. The van der Waals surface area contributed by atoms with Gasteiger partial charge in [-0.1, -0.05) is 50.6 Å². The molecule has 0 bridgehead atoms. The van der Waals surface area contributed by atoms with Crippen LogP contribution >= 0.6 is 0 Å². The molecule has 0 saturated heterocycles. The van der Waals surface area contributed by atoms with E-state index in [2.05, 4.69) is 63.3 Å². The summed E-state index contributed by atoms with van der Waals surface area (Å²) >= 11 is 0. The summed E-state index contributed by atoms with van der Waals surface area (Å²) in [6.07, 6.45) is 9.21. The highest BCUT2D eigenvalue weighted by Gasteiger charge is 2.37. The first-order chi connectivity index (χ1) is 13.1. The second-order valence-corrected chi connectivity index (χ2v) is 8.19. The van der Waals surface area contributed by atoms with Crippen LogP contribution in [0, 0.1) is 11.3 Å². The third-order valence-electron chi connectivity index (χ3n) is 5.52. The van der Waals surface area contributed by atoms with E-state index in [1.807, 2.05) is 25.5 Å². The number of rotatable bonds is 8. The lowest BCUT2D eigenvalue weighted by molar-refractivity contribution is 0.104. The maximum atomic E-state index is 4.51. The summed E-state index contributed by atoms with van der Waals surface area (Å²) in [5, 5.41) is 6.98. The van der Waals surface area contributed by atoms with Gasteiger partial charge in [0.25, 0.3) is 0 Å². The molecule has 0 aliphatic heterocycles. The predicted molar refractivity (Wildman–Crippen MR) is 112 cm³/mol. The van der Waals surface area contributed by atoms with E-state index in [1.165, 1.54) is 31.2 Å². The number of hydrogen-bond donors (Lipinski definition) is 2. The summed E-state index contributed by atoms with van der Waals surface area (Å²) in [6, 6.07) is 10.5. The monoisotopic (exact) mass is 367 g/mol. The van der Waals surface area contributed by atoms with E-state index < -0.39 is 0 Å². The maximum absolute atomic E-state index is 4.51. The molecule has 27 heavy (non-hydrogen) atoms. The molecule has 5 heteroatoms. The van der Waals surface area contributed by atoms with Gasteiger partial charge in [0.2, 0.25) is 0 Å². The Balaban J connectivity index is 1.52. The number of nitrogens with zero attached hydrogens (tertiary/aromatic N) is 3. The number of aliphatic imine (C=N–C) groups is 1. The average Bonchev–Trinajstić information content (AvgIpc) is 3.07. The Labute approximate surface area is 163 Å². The summed E-state index contributed by atoms with van der Waals surface area (Å²) in [4.78, 5) is 8.91. The van der Waals surface area contributed by atoms with E-state index in [-0.39, 0.29) is 0 Å². The lowest BCUT2D eigenvalue weighted by atomic mass is 9.64. The Morgan fingerprint density at radius 2 is 2.00 bits per heavy atom. The summed E-state index contributed by atoms with van der Waals surface area (Å²) in [7, 11) is 1.83. The number of guanidine groups is 1. The predicted octanol–water partition coefficient (Wildman–Crippen LogP) is 3.81. The van der Waals surface area contributed by atoms with Crippen molar-refractivity contribution < 1.29 is 0 Å². The normalized spacial score (nSPS) is 16.2. The van der Waals surface area contributed by atoms with Crippen LogP contribution in [0.2, 0.25) is 0 Å². The number of benzene rings is 1. The molecule has 2 N–H and O–H groups in total. The van der Waals surface area contributed by atoms with Crippen molar-refractivity contribution in [3.05, 3.63) is 54.1 Å².